The first-order chi connectivity index (χ1) is 15.9. The van der Waals surface area contributed by atoms with Crippen molar-refractivity contribution in [3.63, 3.8) is 0 Å². The van der Waals surface area contributed by atoms with Crippen molar-refractivity contribution in [3.05, 3.63) is 61.9 Å². The van der Waals surface area contributed by atoms with E-state index in [4.69, 9.17) is 9.73 Å². The van der Waals surface area contributed by atoms with Crippen molar-refractivity contribution < 1.29 is 23.4 Å². The van der Waals surface area contributed by atoms with E-state index < -0.39 is 30.1 Å². The molecule has 33 heavy (non-hydrogen) atoms. The summed E-state index contributed by atoms with van der Waals surface area (Å²) in [6.45, 7) is 2.44. The first-order valence-electron chi connectivity index (χ1n) is 10.5. The molecule has 3 unspecified atom stereocenters. The van der Waals surface area contributed by atoms with E-state index in [0.717, 1.165) is 0 Å². The summed E-state index contributed by atoms with van der Waals surface area (Å²) in [5.74, 6) is -0.553. The molecule has 0 saturated carbocycles. The van der Waals surface area contributed by atoms with Gasteiger partial charge in [0.05, 0.1) is 18.3 Å². The largest absolute Gasteiger partial charge is 0.463 e. The fraction of sp³-hybridized carbons (Fsp3) is 0.409. The maximum Gasteiger partial charge on any atom is 0.338 e. The van der Waals surface area contributed by atoms with E-state index in [9.17, 15) is 18.7 Å². The molecule has 1 fully saturated rings. The number of halogens is 3. The Kier molecular flexibility index (Phi) is 7.52. The van der Waals surface area contributed by atoms with Gasteiger partial charge in [0, 0.05) is 47.8 Å². The van der Waals surface area contributed by atoms with Gasteiger partial charge in [-0.3, -0.25) is 9.89 Å². The van der Waals surface area contributed by atoms with Crippen LogP contribution in [0.5, 0.6) is 0 Å². The average molecular weight is 541 g/mol. The van der Waals surface area contributed by atoms with Crippen LogP contribution in [-0.4, -0.2) is 65.3 Å². The van der Waals surface area contributed by atoms with Crippen molar-refractivity contribution in [3.8, 4) is 0 Å². The Bertz CT molecular complexity index is 1070. The van der Waals surface area contributed by atoms with Crippen molar-refractivity contribution in [2.45, 2.75) is 31.7 Å². The number of likely N-dealkylation sites (tertiary alicyclic amines) is 1. The quantitative estimate of drug-likeness (QED) is 0.546. The number of rotatable bonds is 6. The van der Waals surface area contributed by atoms with Gasteiger partial charge in [-0.05, 0) is 24.6 Å². The number of amidine groups is 1. The lowest BCUT2D eigenvalue weighted by Crippen LogP contribution is -2.47. The van der Waals surface area contributed by atoms with Crippen LogP contribution < -0.4 is 5.32 Å². The summed E-state index contributed by atoms with van der Waals surface area (Å²) < 4.78 is 33.7. The van der Waals surface area contributed by atoms with Gasteiger partial charge in [0.1, 0.15) is 18.0 Å². The molecule has 3 heterocycles. The lowest BCUT2D eigenvalue weighted by molar-refractivity contribution is -0.139. The molecule has 176 valence electrons. The number of piperidine rings is 1. The highest BCUT2D eigenvalue weighted by Gasteiger charge is 2.35. The highest BCUT2D eigenvalue weighted by molar-refractivity contribution is 9.10. The second kappa shape index (κ2) is 10.4. The molecule has 0 amide bonds. The summed E-state index contributed by atoms with van der Waals surface area (Å²) in [4.78, 5) is 23.9. The van der Waals surface area contributed by atoms with Crippen LogP contribution in [0, 0.1) is 5.82 Å². The van der Waals surface area contributed by atoms with E-state index in [1.165, 1.54) is 23.5 Å². The van der Waals surface area contributed by atoms with E-state index in [1.807, 2.05) is 0 Å². The fourth-order valence-electron chi connectivity index (χ4n) is 4.02. The van der Waals surface area contributed by atoms with E-state index in [0.29, 0.717) is 26.6 Å². The molecule has 4 rings (SSSR count). The van der Waals surface area contributed by atoms with Crippen molar-refractivity contribution in [1.29, 1.82) is 0 Å². The summed E-state index contributed by atoms with van der Waals surface area (Å²) >= 11 is 4.76. The Labute approximate surface area is 202 Å². The molecule has 0 aliphatic carbocycles. The summed E-state index contributed by atoms with van der Waals surface area (Å²) in [6.07, 6.45) is -0.229. The Morgan fingerprint density at radius 1 is 1.42 bits per heavy atom. The Morgan fingerprint density at radius 2 is 2.24 bits per heavy atom. The Hall–Kier alpha value is -2.21. The number of benzene rings is 1. The van der Waals surface area contributed by atoms with Crippen LogP contribution in [0.25, 0.3) is 0 Å². The van der Waals surface area contributed by atoms with E-state index in [1.54, 1.807) is 29.5 Å². The molecule has 0 bridgehead atoms. The number of carbonyl (C=O) groups excluding carboxylic acids is 1. The van der Waals surface area contributed by atoms with Gasteiger partial charge in [-0.15, -0.1) is 11.3 Å². The van der Waals surface area contributed by atoms with Crippen molar-refractivity contribution in [2.24, 2.45) is 4.99 Å². The number of esters is 1. The van der Waals surface area contributed by atoms with Gasteiger partial charge in [-0.25, -0.2) is 18.6 Å². The van der Waals surface area contributed by atoms with E-state index in [-0.39, 0.29) is 38.2 Å². The third kappa shape index (κ3) is 5.48. The van der Waals surface area contributed by atoms with E-state index >= 15 is 0 Å². The predicted molar refractivity (Wildman–Crippen MR) is 124 cm³/mol. The molecule has 1 aromatic heterocycles. The molecular weight excluding hydrogens is 518 g/mol. The van der Waals surface area contributed by atoms with Gasteiger partial charge >= 0.3 is 5.97 Å². The second-order valence-corrected chi connectivity index (χ2v) is 9.55. The maximum absolute atomic E-state index is 14.1. The molecule has 3 atom stereocenters. The Morgan fingerprint density at radius 3 is 2.91 bits per heavy atom. The number of aromatic nitrogens is 1. The number of ether oxygens (including phenoxy) is 1. The fourth-order valence-corrected chi connectivity index (χ4v) is 5.17. The van der Waals surface area contributed by atoms with Crippen LogP contribution in [0.1, 0.15) is 30.0 Å². The van der Waals surface area contributed by atoms with Crippen molar-refractivity contribution in [2.75, 3.05) is 26.2 Å². The minimum Gasteiger partial charge on any atom is -0.463 e. The first kappa shape index (κ1) is 23.9. The van der Waals surface area contributed by atoms with Gasteiger partial charge in [-0.1, -0.05) is 22.0 Å². The molecule has 2 aromatic rings. The number of nitrogens with one attached hydrogen (secondary N) is 1. The summed E-state index contributed by atoms with van der Waals surface area (Å²) in [6, 6.07) is 3.38. The number of hydrogen-bond donors (Lipinski definition) is 2. The number of hydrogen-bond acceptors (Lipinski definition) is 8. The number of alkyl halides is 1. The minimum absolute atomic E-state index is 0.0880. The maximum atomic E-state index is 14.1. The molecule has 0 spiro atoms. The molecule has 0 radical (unpaired) electrons. The van der Waals surface area contributed by atoms with Gasteiger partial charge in [0.2, 0.25) is 0 Å². The first-order valence-corrected chi connectivity index (χ1v) is 12.2. The zero-order valence-corrected chi connectivity index (χ0v) is 20.2. The number of β-amino-alcohol motifs (C(OH)–C–C–N with tert-alkyl or cyclic N) is 1. The van der Waals surface area contributed by atoms with Gasteiger partial charge in [0.15, 0.2) is 10.8 Å². The van der Waals surface area contributed by atoms with Crippen LogP contribution in [-0.2, 0) is 9.53 Å². The van der Waals surface area contributed by atoms with Crippen LogP contribution >= 0.6 is 27.3 Å². The number of aliphatic imine (C=N–C) groups is 1. The highest BCUT2D eigenvalue weighted by atomic mass is 79.9. The number of thiazole rings is 1. The summed E-state index contributed by atoms with van der Waals surface area (Å²) in [5, 5.41) is 15.7. The van der Waals surface area contributed by atoms with Crippen LogP contribution in [0.2, 0.25) is 0 Å². The highest BCUT2D eigenvalue weighted by Crippen LogP contribution is 2.37. The number of aliphatic hydroxyl groups is 1. The Balaban J connectivity index is 1.81. The molecule has 2 aliphatic rings. The second-order valence-electron chi connectivity index (χ2n) is 7.80. The average Bonchev–Trinajstić information content (AvgIpc) is 3.27. The lowest BCUT2D eigenvalue weighted by atomic mass is 9.95. The lowest BCUT2D eigenvalue weighted by Gasteiger charge is -2.35. The molecule has 7 nitrogen and oxygen atoms in total. The third-order valence-corrected chi connectivity index (χ3v) is 6.81. The number of nitrogens with zero attached hydrogens (tertiary/aromatic N) is 3. The molecular formula is C22H23BrF2N4O3S. The van der Waals surface area contributed by atoms with Gasteiger partial charge in [-0.2, -0.15) is 0 Å². The van der Waals surface area contributed by atoms with Crippen molar-refractivity contribution >= 4 is 39.1 Å². The molecule has 11 heteroatoms. The van der Waals surface area contributed by atoms with Gasteiger partial charge < -0.3 is 15.2 Å². The van der Waals surface area contributed by atoms with Crippen LogP contribution in [0.3, 0.4) is 0 Å². The normalized spacial score (nSPS) is 23.8. The van der Waals surface area contributed by atoms with E-state index in [2.05, 4.69) is 26.2 Å². The zero-order valence-electron chi connectivity index (χ0n) is 17.8. The predicted octanol–water partition coefficient (Wildman–Crippen LogP) is 3.36. The van der Waals surface area contributed by atoms with Crippen molar-refractivity contribution in [1.82, 2.24) is 15.2 Å². The number of carbonyl (C=O) groups is 1. The summed E-state index contributed by atoms with van der Waals surface area (Å²) in [7, 11) is 0. The monoisotopic (exact) mass is 540 g/mol. The van der Waals surface area contributed by atoms with Crippen LogP contribution in [0.4, 0.5) is 8.78 Å². The summed E-state index contributed by atoms with van der Waals surface area (Å²) in [5.41, 5.74) is 1.31. The number of aliphatic hydroxyl groups excluding tert-OH is 1. The molecule has 2 aliphatic heterocycles. The van der Waals surface area contributed by atoms with Gasteiger partial charge in [0.25, 0.3) is 0 Å². The molecule has 1 saturated heterocycles. The molecule has 2 N–H and O–H groups in total. The minimum atomic E-state index is -1.17. The SMILES string of the molecule is CCOC(=O)C1=C(CN2CC(O)CC(F)C2)NC(c2nccs2)=NC1c1ccc(F)cc1Br. The standard InChI is InChI=1S/C22H23BrF2N4O3S/c1-2-32-22(31)18-17(11-29-9-13(25)7-14(30)10-29)27-20(21-26-5-6-33-21)28-19(18)15-4-3-12(24)8-16(15)23/h3-6,8,13-14,19,30H,2,7,9-11H2,1H3,(H,27,28). The third-order valence-electron chi connectivity index (χ3n) is 5.35. The van der Waals surface area contributed by atoms with Crippen LogP contribution in [0.15, 0.2) is 50.5 Å². The topological polar surface area (TPSA) is 87.0 Å². The zero-order chi connectivity index (χ0) is 23.5. The molecule has 1 aromatic carbocycles. The smallest absolute Gasteiger partial charge is 0.338 e.